The third kappa shape index (κ3) is 2.45. The summed E-state index contributed by atoms with van der Waals surface area (Å²) >= 11 is 0. The molecule has 22 heavy (non-hydrogen) atoms. The van der Waals surface area contributed by atoms with Gasteiger partial charge in [-0.3, -0.25) is 0 Å². The Hall–Kier alpha value is -2.70. The van der Waals surface area contributed by atoms with Gasteiger partial charge in [0.2, 0.25) is 0 Å². The second-order valence-corrected chi connectivity index (χ2v) is 5.43. The molecule has 3 aromatic rings. The van der Waals surface area contributed by atoms with Gasteiger partial charge in [0, 0.05) is 50.1 Å². The molecular formula is C15H17N7. The Morgan fingerprint density at radius 3 is 2.86 bits per heavy atom. The summed E-state index contributed by atoms with van der Waals surface area (Å²) in [4.78, 5) is 19.4. The van der Waals surface area contributed by atoms with Crippen molar-refractivity contribution in [3.05, 3.63) is 43.4 Å². The molecule has 0 radical (unpaired) electrons. The van der Waals surface area contributed by atoms with Crippen LogP contribution >= 0.6 is 0 Å². The topological polar surface area (TPSA) is 71.2 Å². The lowest BCUT2D eigenvalue weighted by molar-refractivity contribution is 0.526. The lowest BCUT2D eigenvalue weighted by atomic mass is 10.1. The molecule has 0 spiro atoms. The number of imidazole rings is 1. The van der Waals surface area contributed by atoms with E-state index in [4.69, 9.17) is 0 Å². The molecule has 1 aliphatic heterocycles. The predicted molar refractivity (Wildman–Crippen MR) is 83.9 cm³/mol. The molecule has 0 amide bonds. The van der Waals surface area contributed by atoms with E-state index in [1.165, 1.54) is 0 Å². The molecule has 1 unspecified atom stereocenters. The van der Waals surface area contributed by atoms with Crippen LogP contribution in [0.4, 0.5) is 11.6 Å². The molecular weight excluding hydrogens is 278 g/mol. The molecule has 1 fully saturated rings. The maximum atomic E-state index is 4.53. The third-order valence-electron chi connectivity index (χ3n) is 3.95. The van der Waals surface area contributed by atoms with E-state index in [9.17, 15) is 0 Å². The maximum absolute atomic E-state index is 4.53. The minimum absolute atomic E-state index is 0.348. The summed E-state index contributed by atoms with van der Waals surface area (Å²) in [5.74, 6) is 1.82. The average Bonchev–Trinajstić information content (AvgIpc) is 3.04. The molecule has 0 aromatic carbocycles. The van der Waals surface area contributed by atoms with E-state index in [-0.39, 0.29) is 0 Å². The van der Waals surface area contributed by atoms with Gasteiger partial charge in [0.25, 0.3) is 0 Å². The number of piperidine rings is 1. The molecule has 1 saturated heterocycles. The van der Waals surface area contributed by atoms with E-state index in [0.29, 0.717) is 6.04 Å². The lowest BCUT2D eigenvalue weighted by Gasteiger charge is -2.34. The number of nitrogens with one attached hydrogen (secondary N) is 1. The number of nitrogens with zero attached hydrogens (tertiary/aromatic N) is 6. The van der Waals surface area contributed by atoms with Gasteiger partial charge in [0.1, 0.15) is 12.1 Å². The first-order valence-corrected chi connectivity index (χ1v) is 7.45. The van der Waals surface area contributed by atoms with Gasteiger partial charge in [0.05, 0.1) is 0 Å². The summed E-state index contributed by atoms with van der Waals surface area (Å²) in [7, 11) is 0. The Bertz CT molecular complexity index is 755. The number of fused-ring (bicyclic) bond motifs is 1. The van der Waals surface area contributed by atoms with Crippen LogP contribution in [0.3, 0.4) is 0 Å². The lowest BCUT2D eigenvalue weighted by Crippen LogP contribution is -2.42. The van der Waals surface area contributed by atoms with Gasteiger partial charge in [-0.15, -0.1) is 0 Å². The van der Waals surface area contributed by atoms with Gasteiger partial charge in [-0.25, -0.2) is 19.9 Å². The van der Waals surface area contributed by atoms with Crippen molar-refractivity contribution in [2.24, 2.45) is 0 Å². The average molecular weight is 295 g/mol. The van der Waals surface area contributed by atoms with E-state index < -0.39 is 0 Å². The number of aromatic nitrogens is 5. The van der Waals surface area contributed by atoms with E-state index in [1.54, 1.807) is 18.7 Å². The monoisotopic (exact) mass is 295 g/mol. The van der Waals surface area contributed by atoms with E-state index >= 15 is 0 Å². The Kier molecular flexibility index (Phi) is 3.30. The van der Waals surface area contributed by atoms with Crippen LogP contribution in [0.25, 0.3) is 5.65 Å². The zero-order chi connectivity index (χ0) is 14.8. The van der Waals surface area contributed by atoms with Crippen molar-refractivity contribution in [3.63, 3.8) is 0 Å². The molecule has 7 nitrogen and oxygen atoms in total. The van der Waals surface area contributed by atoms with Crippen LogP contribution in [0.5, 0.6) is 0 Å². The van der Waals surface area contributed by atoms with Gasteiger partial charge >= 0.3 is 0 Å². The highest BCUT2D eigenvalue weighted by atomic mass is 15.2. The second-order valence-electron chi connectivity index (χ2n) is 5.43. The first kappa shape index (κ1) is 13.0. The number of anilines is 2. The first-order valence-electron chi connectivity index (χ1n) is 7.45. The molecule has 0 bridgehead atoms. The first-order chi connectivity index (χ1) is 10.9. The number of hydrogen-bond acceptors (Lipinski definition) is 6. The largest absolute Gasteiger partial charge is 0.365 e. The molecule has 3 aromatic heterocycles. The van der Waals surface area contributed by atoms with Gasteiger partial charge < -0.3 is 14.6 Å². The van der Waals surface area contributed by atoms with E-state index in [2.05, 4.69) is 30.2 Å². The van der Waals surface area contributed by atoms with E-state index in [0.717, 1.165) is 43.2 Å². The van der Waals surface area contributed by atoms with Crippen molar-refractivity contribution >= 4 is 17.3 Å². The highest BCUT2D eigenvalue weighted by molar-refractivity contribution is 5.64. The summed E-state index contributed by atoms with van der Waals surface area (Å²) in [6.45, 7) is 1.89. The minimum atomic E-state index is 0.348. The Morgan fingerprint density at radius 2 is 2.00 bits per heavy atom. The van der Waals surface area contributed by atoms with Crippen LogP contribution in [-0.2, 0) is 0 Å². The van der Waals surface area contributed by atoms with Crippen LogP contribution in [0.2, 0.25) is 0 Å². The molecule has 1 N–H and O–H groups in total. The fraction of sp³-hybridized carbons (Fsp3) is 0.333. The Balaban J connectivity index is 1.55. The summed E-state index contributed by atoms with van der Waals surface area (Å²) in [5, 5.41) is 3.47. The third-order valence-corrected chi connectivity index (χ3v) is 3.95. The van der Waals surface area contributed by atoms with Crippen molar-refractivity contribution in [2.45, 2.75) is 18.9 Å². The smallest absolute Gasteiger partial charge is 0.180 e. The van der Waals surface area contributed by atoms with Crippen LogP contribution in [-0.4, -0.2) is 43.5 Å². The quantitative estimate of drug-likeness (QED) is 0.791. The molecule has 1 atom stereocenters. The van der Waals surface area contributed by atoms with Gasteiger partial charge in [0.15, 0.2) is 11.5 Å². The maximum Gasteiger partial charge on any atom is 0.180 e. The molecule has 4 rings (SSSR count). The summed E-state index contributed by atoms with van der Waals surface area (Å²) in [6, 6.07) is 2.24. The summed E-state index contributed by atoms with van der Waals surface area (Å²) in [5.41, 5.74) is 0.908. The predicted octanol–water partition coefficient (Wildman–Crippen LogP) is 1.60. The molecule has 1 aliphatic rings. The summed E-state index contributed by atoms with van der Waals surface area (Å²) in [6.07, 6.45) is 13.1. The molecule has 112 valence electrons. The standard InChI is InChI=1S/C15H17N7/c1-2-12(20-13-3-4-16-11-19-13)10-22(7-1)15-14-17-5-8-21(14)9-6-18-15/h3-6,8-9,11-12H,1-2,7,10H2,(H,16,19,20). The van der Waals surface area contributed by atoms with Crippen molar-refractivity contribution < 1.29 is 0 Å². The molecule has 4 heterocycles. The minimum Gasteiger partial charge on any atom is -0.365 e. The van der Waals surface area contributed by atoms with Crippen LogP contribution < -0.4 is 10.2 Å². The highest BCUT2D eigenvalue weighted by Gasteiger charge is 2.23. The number of hydrogen-bond donors (Lipinski definition) is 1. The zero-order valence-corrected chi connectivity index (χ0v) is 12.1. The molecule has 0 saturated carbocycles. The van der Waals surface area contributed by atoms with Crippen LogP contribution in [0, 0.1) is 0 Å². The van der Waals surface area contributed by atoms with Crippen molar-refractivity contribution in [3.8, 4) is 0 Å². The normalized spacial score (nSPS) is 18.5. The van der Waals surface area contributed by atoms with Gasteiger partial charge in [-0.2, -0.15) is 0 Å². The van der Waals surface area contributed by atoms with E-state index in [1.807, 2.05) is 29.1 Å². The summed E-state index contributed by atoms with van der Waals surface area (Å²) < 4.78 is 2.00. The fourth-order valence-electron chi connectivity index (χ4n) is 2.94. The fourth-order valence-corrected chi connectivity index (χ4v) is 2.94. The van der Waals surface area contributed by atoms with Crippen molar-refractivity contribution in [1.82, 2.24) is 24.3 Å². The van der Waals surface area contributed by atoms with Crippen molar-refractivity contribution in [2.75, 3.05) is 23.3 Å². The highest BCUT2D eigenvalue weighted by Crippen LogP contribution is 2.22. The van der Waals surface area contributed by atoms with Gasteiger partial charge in [-0.1, -0.05) is 0 Å². The SMILES string of the molecule is c1cc(NC2CCCN(c3nccn4ccnc34)C2)ncn1. The van der Waals surface area contributed by atoms with Crippen LogP contribution in [0.1, 0.15) is 12.8 Å². The number of rotatable bonds is 3. The van der Waals surface area contributed by atoms with Gasteiger partial charge in [-0.05, 0) is 18.9 Å². The second kappa shape index (κ2) is 5.59. The molecule has 0 aliphatic carbocycles. The van der Waals surface area contributed by atoms with Crippen LogP contribution in [0.15, 0.2) is 43.4 Å². The van der Waals surface area contributed by atoms with Crippen molar-refractivity contribution in [1.29, 1.82) is 0 Å². The molecule has 7 heteroatoms. The zero-order valence-electron chi connectivity index (χ0n) is 12.1. The Morgan fingerprint density at radius 1 is 1.09 bits per heavy atom. The Labute approximate surface area is 128 Å².